The topological polar surface area (TPSA) is 104 Å². The minimum absolute atomic E-state index is 0.235. The fraction of sp³-hybridized carbons (Fsp3) is 0.143. The molecule has 4 rings (SSSR count). The number of pyridine rings is 1. The predicted octanol–water partition coefficient (Wildman–Crippen LogP) is 2.64. The third-order valence-corrected chi connectivity index (χ3v) is 3.59. The van der Waals surface area contributed by atoms with Crippen LogP contribution in [-0.4, -0.2) is 24.8 Å². The Hall–Kier alpha value is -2.87. The Balaban J connectivity index is 1.76. The third-order valence-electron chi connectivity index (χ3n) is 3.39. The molecule has 0 spiro atoms. The molecule has 2 N–H and O–H groups in total. The van der Waals surface area contributed by atoms with Crippen molar-refractivity contribution in [3.63, 3.8) is 0 Å². The lowest BCUT2D eigenvalue weighted by Crippen LogP contribution is -2.11. The predicted molar refractivity (Wildman–Crippen MR) is 83.3 cm³/mol. The van der Waals surface area contributed by atoms with Crippen LogP contribution in [0.2, 0.25) is 5.15 Å². The van der Waals surface area contributed by atoms with Crippen molar-refractivity contribution in [3.8, 4) is 5.75 Å². The normalized spacial score (nSPS) is 12.8. The molecular weight excluding hydrogens is 320 g/mol. The van der Waals surface area contributed by atoms with Crippen molar-refractivity contribution in [2.75, 3.05) is 5.73 Å². The molecule has 0 fully saturated rings. The smallest absolute Gasteiger partial charge is 0.205 e. The van der Waals surface area contributed by atoms with E-state index in [0.29, 0.717) is 28.0 Å². The highest BCUT2D eigenvalue weighted by molar-refractivity contribution is 6.29. The van der Waals surface area contributed by atoms with Crippen LogP contribution in [0.15, 0.2) is 35.1 Å². The van der Waals surface area contributed by atoms with Gasteiger partial charge >= 0.3 is 0 Å². The van der Waals surface area contributed by atoms with Gasteiger partial charge in [0.1, 0.15) is 5.15 Å². The molecule has 1 unspecified atom stereocenters. The highest BCUT2D eigenvalue weighted by atomic mass is 35.5. The second-order valence-electron chi connectivity index (χ2n) is 4.92. The number of rotatable bonds is 3. The molecule has 23 heavy (non-hydrogen) atoms. The van der Waals surface area contributed by atoms with Crippen LogP contribution in [0.5, 0.6) is 5.75 Å². The van der Waals surface area contributed by atoms with Crippen molar-refractivity contribution in [2.24, 2.45) is 0 Å². The number of hydrogen-bond acceptors (Lipinski definition) is 7. The summed E-state index contributed by atoms with van der Waals surface area (Å²) in [5.41, 5.74) is 7.01. The molecule has 9 heteroatoms. The number of furan rings is 1. The van der Waals surface area contributed by atoms with E-state index in [0.717, 1.165) is 5.39 Å². The van der Waals surface area contributed by atoms with Crippen LogP contribution >= 0.6 is 11.6 Å². The molecule has 0 saturated carbocycles. The summed E-state index contributed by atoms with van der Waals surface area (Å²) < 4.78 is 12.9. The van der Waals surface area contributed by atoms with E-state index in [2.05, 4.69) is 20.3 Å². The van der Waals surface area contributed by atoms with Crippen LogP contribution in [0.3, 0.4) is 0 Å². The molecule has 0 aromatic carbocycles. The highest BCUT2D eigenvalue weighted by Crippen LogP contribution is 2.33. The number of nitrogens with zero attached hydrogens (tertiary/aromatic N) is 5. The minimum Gasteiger partial charge on any atom is -0.475 e. The Bertz CT molecular complexity index is 1010. The average Bonchev–Trinajstić information content (AvgIpc) is 3.16. The first-order valence-corrected chi connectivity index (χ1v) is 7.17. The lowest BCUT2D eigenvalue weighted by Gasteiger charge is -2.14. The van der Waals surface area contributed by atoms with Crippen molar-refractivity contribution in [1.82, 2.24) is 24.8 Å². The van der Waals surface area contributed by atoms with Crippen LogP contribution < -0.4 is 10.5 Å². The quantitative estimate of drug-likeness (QED) is 0.615. The standard InChI is InChI=1S/C14H11ClN6O2/c1-7(14-19-18-10-3-2-9(15)20-21(10)14)23-12-11-8(4-5-22-11)6-17-13(12)16/h2-7H,1H3,(H2,16,17). The van der Waals surface area contributed by atoms with E-state index >= 15 is 0 Å². The van der Waals surface area contributed by atoms with Crippen molar-refractivity contribution in [1.29, 1.82) is 0 Å². The van der Waals surface area contributed by atoms with Crippen LogP contribution in [0, 0.1) is 0 Å². The average molecular weight is 331 g/mol. The number of aromatic nitrogens is 5. The summed E-state index contributed by atoms with van der Waals surface area (Å²) >= 11 is 5.93. The minimum atomic E-state index is -0.490. The van der Waals surface area contributed by atoms with Gasteiger partial charge in [0, 0.05) is 11.6 Å². The van der Waals surface area contributed by atoms with E-state index in [9.17, 15) is 0 Å². The van der Waals surface area contributed by atoms with Gasteiger partial charge in [0.15, 0.2) is 29.0 Å². The lowest BCUT2D eigenvalue weighted by molar-refractivity contribution is 0.214. The van der Waals surface area contributed by atoms with Gasteiger partial charge in [-0.3, -0.25) is 0 Å². The third kappa shape index (κ3) is 2.23. The number of nitrogen functional groups attached to an aromatic ring is 1. The Morgan fingerprint density at radius 1 is 1.30 bits per heavy atom. The molecule has 4 aromatic heterocycles. The monoisotopic (exact) mass is 330 g/mol. The lowest BCUT2D eigenvalue weighted by atomic mass is 10.3. The number of nitrogens with two attached hydrogens (primary N) is 1. The maximum Gasteiger partial charge on any atom is 0.205 e. The van der Waals surface area contributed by atoms with E-state index in [1.54, 1.807) is 37.6 Å². The number of ether oxygens (including phenoxy) is 1. The van der Waals surface area contributed by atoms with E-state index in [1.807, 2.05) is 0 Å². The van der Waals surface area contributed by atoms with Crippen LogP contribution in [0.1, 0.15) is 18.9 Å². The Morgan fingerprint density at radius 3 is 3.04 bits per heavy atom. The second-order valence-corrected chi connectivity index (χ2v) is 5.31. The SMILES string of the molecule is CC(Oc1c(N)ncc2ccoc12)c1nnc2ccc(Cl)nn12. The van der Waals surface area contributed by atoms with Crippen LogP contribution in [0.25, 0.3) is 16.6 Å². The summed E-state index contributed by atoms with van der Waals surface area (Å²) in [6, 6.07) is 5.15. The van der Waals surface area contributed by atoms with Crippen molar-refractivity contribution < 1.29 is 9.15 Å². The zero-order valence-electron chi connectivity index (χ0n) is 12.0. The zero-order chi connectivity index (χ0) is 16.0. The maximum atomic E-state index is 5.93. The first-order chi connectivity index (χ1) is 11.1. The molecule has 0 radical (unpaired) electrons. The molecule has 1 atom stereocenters. The van der Waals surface area contributed by atoms with Crippen molar-refractivity contribution in [3.05, 3.63) is 41.6 Å². The van der Waals surface area contributed by atoms with Crippen molar-refractivity contribution in [2.45, 2.75) is 13.0 Å². The Morgan fingerprint density at radius 2 is 2.17 bits per heavy atom. The van der Waals surface area contributed by atoms with Gasteiger partial charge in [-0.2, -0.15) is 9.61 Å². The summed E-state index contributed by atoms with van der Waals surface area (Å²) in [4.78, 5) is 4.10. The first-order valence-electron chi connectivity index (χ1n) is 6.79. The van der Waals surface area contributed by atoms with Gasteiger partial charge in [0.25, 0.3) is 0 Å². The van der Waals surface area contributed by atoms with Crippen LogP contribution in [-0.2, 0) is 0 Å². The maximum absolute atomic E-state index is 5.93. The number of hydrogen-bond donors (Lipinski definition) is 1. The molecule has 0 bridgehead atoms. The zero-order valence-corrected chi connectivity index (χ0v) is 12.7. The van der Waals surface area contributed by atoms with Gasteiger partial charge in [-0.1, -0.05) is 11.6 Å². The molecule has 0 aliphatic heterocycles. The molecule has 116 valence electrons. The van der Waals surface area contributed by atoms with Crippen molar-refractivity contribution >= 4 is 34.0 Å². The summed E-state index contributed by atoms with van der Waals surface area (Å²) in [6.45, 7) is 1.81. The van der Waals surface area contributed by atoms with E-state index in [4.69, 9.17) is 26.5 Å². The fourth-order valence-electron chi connectivity index (χ4n) is 2.30. The van der Waals surface area contributed by atoms with E-state index in [-0.39, 0.29) is 5.82 Å². The molecule has 0 aliphatic carbocycles. The summed E-state index contributed by atoms with van der Waals surface area (Å²) in [5.74, 6) is 1.09. The summed E-state index contributed by atoms with van der Waals surface area (Å²) in [5, 5.41) is 13.5. The van der Waals surface area contributed by atoms with Gasteiger partial charge < -0.3 is 14.9 Å². The molecule has 4 heterocycles. The largest absolute Gasteiger partial charge is 0.475 e. The van der Waals surface area contributed by atoms with Gasteiger partial charge in [-0.05, 0) is 25.1 Å². The van der Waals surface area contributed by atoms with E-state index < -0.39 is 6.10 Å². The first kappa shape index (κ1) is 13.8. The Kier molecular flexibility index (Phi) is 3.05. The van der Waals surface area contributed by atoms with Crippen LogP contribution in [0.4, 0.5) is 5.82 Å². The van der Waals surface area contributed by atoms with E-state index in [1.165, 1.54) is 4.52 Å². The highest BCUT2D eigenvalue weighted by Gasteiger charge is 2.20. The molecular formula is C14H11ClN6O2. The summed E-state index contributed by atoms with van der Waals surface area (Å²) in [7, 11) is 0. The molecule has 0 saturated heterocycles. The number of anilines is 1. The molecule has 8 nitrogen and oxygen atoms in total. The summed E-state index contributed by atoms with van der Waals surface area (Å²) in [6.07, 6.45) is 2.69. The fourth-order valence-corrected chi connectivity index (χ4v) is 2.44. The van der Waals surface area contributed by atoms with Gasteiger partial charge in [0.2, 0.25) is 5.75 Å². The Labute approximate surface area is 134 Å². The van der Waals surface area contributed by atoms with Gasteiger partial charge in [0.05, 0.1) is 6.26 Å². The molecule has 0 aliphatic rings. The molecule has 0 amide bonds. The number of fused-ring (bicyclic) bond motifs is 2. The second kappa shape index (κ2) is 5.10. The number of halogens is 1. The van der Waals surface area contributed by atoms with Gasteiger partial charge in [-0.15, -0.1) is 10.2 Å². The van der Waals surface area contributed by atoms with Gasteiger partial charge in [-0.25, -0.2) is 4.98 Å². The molecule has 4 aromatic rings.